The van der Waals surface area contributed by atoms with Gasteiger partial charge in [0.1, 0.15) is 12.2 Å². The molecule has 0 bridgehead atoms. The number of ether oxygens (including phenoxy) is 2. The summed E-state index contributed by atoms with van der Waals surface area (Å²) in [6, 6.07) is 20.6. The Hall–Kier alpha value is -2.16. The van der Waals surface area contributed by atoms with Gasteiger partial charge in [0.05, 0.1) is 0 Å². The third-order valence-electron chi connectivity index (χ3n) is 4.86. The lowest BCUT2D eigenvalue weighted by Crippen LogP contribution is -2.32. The minimum atomic E-state index is -0.307. The van der Waals surface area contributed by atoms with E-state index in [1.165, 1.54) is 0 Å². The van der Waals surface area contributed by atoms with E-state index in [-0.39, 0.29) is 23.9 Å². The summed E-state index contributed by atoms with van der Waals surface area (Å²) in [5.74, 6) is 0. The summed E-state index contributed by atoms with van der Waals surface area (Å²) in [6.07, 6.45) is 4.94. The fraction of sp³-hybridized carbons (Fsp3) is 0.304. The molecule has 0 spiro atoms. The first-order chi connectivity index (χ1) is 12.2. The lowest BCUT2D eigenvalue weighted by atomic mass is 9.82. The van der Waals surface area contributed by atoms with E-state index in [1.807, 2.05) is 48.6 Å². The summed E-state index contributed by atoms with van der Waals surface area (Å²) >= 11 is 0. The second kappa shape index (κ2) is 7.81. The van der Waals surface area contributed by atoms with Crippen LogP contribution in [0.5, 0.6) is 0 Å². The second-order valence-electron chi connectivity index (χ2n) is 6.91. The molecule has 2 aromatic rings. The third-order valence-corrected chi connectivity index (χ3v) is 4.86. The average molecular weight is 334 g/mol. The van der Waals surface area contributed by atoms with E-state index in [4.69, 9.17) is 9.47 Å². The van der Waals surface area contributed by atoms with Gasteiger partial charge >= 0.3 is 0 Å². The molecule has 0 aliphatic carbocycles. The van der Waals surface area contributed by atoms with Crippen molar-refractivity contribution in [1.29, 1.82) is 0 Å². The molecule has 25 heavy (non-hydrogen) atoms. The predicted octanol–water partition coefficient (Wildman–Crippen LogP) is 6.00. The van der Waals surface area contributed by atoms with Gasteiger partial charge in [-0.25, -0.2) is 0 Å². The van der Waals surface area contributed by atoms with Crippen LogP contribution in [0.4, 0.5) is 0 Å². The number of allylic oxidation sites excluding steroid dienone is 2. The summed E-state index contributed by atoms with van der Waals surface area (Å²) in [5.41, 5.74) is 2.09. The highest BCUT2D eigenvalue weighted by atomic mass is 16.7. The van der Waals surface area contributed by atoms with Crippen molar-refractivity contribution in [3.8, 4) is 0 Å². The first-order valence-electron chi connectivity index (χ1n) is 8.80. The largest absolute Gasteiger partial charge is 0.341 e. The average Bonchev–Trinajstić information content (AvgIpc) is 3.10. The van der Waals surface area contributed by atoms with Crippen molar-refractivity contribution < 1.29 is 9.47 Å². The van der Waals surface area contributed by atoms with Crippen LogP contribution in [0.15, 0.2) is 86.0 Å². The molecule has 0 amide bonds. The smallest absolute Gasteiger partial charge is 0.165 e. The van der Waals surface area contributed by atoms with E-state index in [0.29, 0.717) is 0 Å². The monoisotopic (exact) mass is 334 g/mol. The summed E-state index contributed by atoms with van der Waals surface area (Å²) in [6.45, 7) is 9.99. The second-order valence-corrected chi connectivity index (χ2v) is 6.91. The molecular weight excluding hydrogens is 308 g/mol. The molecule has 1 aliphatic rings. The number of hydrogen-bond donors (Lipinski definition) is 0. The van der Waals surface area contributed by atoms with Crippen molar-refractivity contribution in [3.63, 3.8) is 0 Å². The molecule has 0 unspecified atom stereocenters. The SMILES string of the molecule is C=CCC(C)(CC=C)C1O[C@H](c2ccccc2)[C@@H](c2ccccc2)O1. The molecule has 1 saturated heterocycles. The van der Waals surface area contributed by atoms with Gasteiger partial charge in [-0.1, -0.05) is 79.7 Å². The van der Waals surface area contributed by atoms with Gasteiger partial charge < -0.3 is 9.47 Å². The molecule has 3 rings (SSSR count). The fourth-order valence-corrected chi connectivity index (χ4v) is 3.50. The maximum absolute atomic E-state index is 6.47. The van der Waals surface area contributed by atoms with Crippen molar-refractivity contribution >= 4 is 0 Å². The highest BCUT2D eigenvalue weighted by Gasteiger charge is 2.46. The van der Waals surface area contributed by atoms with E-state index in [2.05, 4.69) is 44.3 Å². The Morgan fingerprint density at radius 1 is 0.800 bits per heavy atom. The first kappa shape index (κ1) is 17.7. The minimum Gasteiger partial charge on any atom is -0.341 e. The molecule has 0 saturated carbocycles. The Morgan fingerprint density at radius 2 is 1.20 bits per heavy atom. The van der Waals surface area contributed by atoms with Gasteiger partial charge in [-0.3, -0.25) is 0 Å². The maximum Gasteiger partial charge on any atom is 0.165 e. The predicted molar refractivity (Wildman–Crippen MR) is 102 cm³/mol. The van der Waals surface area contributed by atoms with Crippen molar-refractivity contribution in [2.75, 3.05) is 0 Å². The Kier molecular flexibility index (Phi) is 5.52. The van der Waals surface area contributed by atoms with Gasteiger partial charge in [-0.2, -0.15) is 0 Å². The van der Waals surface area contributed by atoms with Crippen LogP contribution in [0.3, 0.4) is 0 Å². The summed E-state index contributed by atoms with van der Waals surface area (Å²) in [4.78, 5) is 0. The third kappa shape index (κ3) is 3.76. The van der Waals surface area contributed by atoms with Crippen LogP contribution in [0, 0.1) is 5.41 Å². The van der Waals surface area contributed by atoms with E-state index < -0.39 is 0 Å². The van der Waals surface area contributed by atoms with Crippen LogP contribution in [0.25, 0.3) is 0 Å². The summed E-state index contributed by atoms with van der Waals surface area (Å²) in [5, 5.41) is 0. The highest BCUT2D eigenvalue weighted by Crippen LogP contribution is 2.49. The Morgan fingerprint density at radius 3 is 1.56 bits per heavy atom. The molecule has 2 aromatic carbocycles. The zero-order valence-corrected chi connectivity index (χ0v) is 14.8. The zero-order valence-electron chi connectivity index (χ0n) is 14.8. The van der Waals surface area contributed by atoms with Crippen LogP contribution in [-0.4, -0.2) is 6.29 Å². The zero-order chi connectivity index (χ0) is 17.7. The highest BCUT2D eigenvalue weighted by molar-refractivity contribution is 5.26. The van der Waals surface area contributed by atoms with E-state index >= 15 is 0 Å². The van der Waals surface area contributed by atoms with Crippen LogP contribution in [0.2, 0.25) is 0 Å². The van der Waals surface area contributed by atoms with Crippen molar-refractivity contribution in [2.24, 2.45) is 5.41 Å². The Labute approximate surface area is 150 Å². The molecule has 1 heterocycles. The molecule has 2 heteroatoms. The molecule has 2 nitrogen and oxygen atoms in total. The number of rotatable bonds is 7. The number of benzene rings is 2. The molecule has 0 radical (unpaired) electrons. The van der Waals surface area contributed by atoms with Gasteiger partial charge in [-0.15, -0.1) is 13.2 Å². The van der Waals surface area contributed by atoms with Crippen molar-refractivity contribution in [3.05, 3.63) is 97.1 Å². The van der Waals surface area contributed by atoms with Gasteiger partial charge in [0, 0.05) is 5.41 Å². The summed E-state index contributed by atoms with van der Waals surface area (Å²) < 4.78 is 12.9. The van der Waals surface area contributed by atoms with Crippen molar-refractivity contribution in [1.82, 2.24) is 0 Å². The van der Waals surface area contributed by atoms with Crippen LogP contribution >= 0.6 is 0 Å². The molecule has 2 atom stereocenters. The molecule has 1 aliphatic heterocycles. The standard InChI is InChI=1S/C23H26O2/c1-4-16-23(3,17-5-2)22-24-20(18-12-8-6-9-13-18)21(25-22)19-14-10-7-11-15-19/h4-15,20-22H,1-2,16-17H2,3H3/t20-,21-/m1/s1. The van der Waals surface area contributed by atoms with Gasteiger partial charge in [0.2, 0.25) is 0 Å². The maximum atomic E-state index is 6.47. The van der Waals surface area contributed by atoms with E-state index in [0.717, 1.165) is 24.0 Å². The topological polar surface area (TPSA) is 18.5 Å². The quantitative estimate of drug-likeness (QED) is 0.578. The normalized spacial score (nSPS) is 21.2. The fourth-order valence-electron chi connectivity index (χ4n) is 3.50. The molecular formula is C23H26O2. The first-order valence-corrected chi connectivity index (χ1v) is 8.80. The molecule has 1 fully saturated rings. The van der Waals surface area contributed by atoms with Crippen molar-refractivity contribution in [2.45, 2.75) is 38.3 Å². The van der Waals surface area contributed by atoms with Crippen LogP contribution in [-0.2, 0) is 9.47 Å². The molecule has 0 aromatic heterocycles. The van der Waals surface area contributed by atoms with Crippen LogP contribution < -0.4 is 0 Å². The Balaban J connectivity index is 1.95. The minimum absolute atomic E-state index is 0.123. The van der Waals surface area contributed by atoms with Crippen LogP contribution in [0.1, 0.15) is 43.1 Å². The van der Waals surface area contributed by atoms with Gasteiger partial charge in [0.25, 0.3) is 0 Å². The van der Waals surface area contributed by atoms with Gasteiger partial charge in [0.15, 0.2) is 6.29 Å². The Bertz CT molecular complexity index is 635. The molecule has 0 N–H and O–H groups in total. The number of hydrogen-bond acceptors (Lipinski definition) is 2. The van der Waals surface area contributed by atoms with E-state index in [9.17, 15) is 0 Å². The summed E-state index contributed by atoms with van der Waals surface area (Å²) in [7, 11) is 0. The van der Waals surface area contributed by atoms with Gasteiger partial charge in [-0.05, 0) is 24.0 Å². The molecule has 130 valence electrons. The lowest BCUT2D eigenvalue weighted by molar-refractivity contribution is -0.143. The van der Waals surface area contributed by atoms with E-state index in [1.54, 1.807) is 0 Å². The lowest BCUT2D eigenvalue weighted by Gasteiger charge is -2.32.